The van der Waals surface area contributed by atoms with Crippen molar-refractivity contribution in [3.05, 3.63) is 65.4 Å². The molecule has 1 aliphatic carbocycles. The molecule has 4 rings (SSSR count). The van der Waals surface area contributed by atoms with E-state index in [1.165, 1.54) is 23.4 Å². The van der Waals surface area contributed by atoms with Crippen LogP contribution in [0.2, 0.25) is 0 Å². The Morgan fingerprint density at radius 2 is 2.08 bits per heavy atom. The zero-order valence-corrected chi connectivity index (χ0v) is 14.5. The fourth-order valence-electron chi connectivity index (χ4n) is 3.58. The maximum Gasteiger partial charge on any atom is 0.134 e. The second-order valence-corrected chi connectivity index (χ2v) is 6.59. The highest BCUT2D eigenvalue weighted by Crippen LogP contribution is 2.30. The molecule has 1 aliphatic rings. The number of nitrogens with zero attached hydrogens (tertiary/aromatic N) is 2. The summed E-state index contributed by atoms with van der Waals surface area (Å²) in [7, 11) is 0. The highest BCUT2D eigenvalue weighted by Gasteiger charge is 2.24. The number of rotatable bonds is 6. The van der Waals surface area contributed by atoms with Crippen LogP contribution in [0.15, 0.2) is 47.0 Å². The SMILES string of the molecule is OCCn1ncc2c1CCCC2NCc1ccc(-c2ccc(F)cc2)o1. The molecule has 26 heavy (non-hydrogen) atoms. The molecule has 1 aromatic carbocycles. The van der Waals surface area contributed by atoms with Crippen LogP contribution < -0.4 is 5.32 Å². The van der Waals surface area contributed by atoms with Crippen LogP contribution in [0, 0.1) is 5.82 Å². The van der Waals surface area contributed by atoms with Crippen LogP contribution in [0.25, 0.3) is 11.3 Å². The Balaban J connectivity index is 1.43. The van der Waals surface area contributed by atoms with Crippen molar-refractivity contribution in [3.8, 4) is 11.3 Å². The van der Waals surface area contributed by atoms with Gasteiger partial charge in [0.05, 0.1) is 25.9 Å². The molecule has 1 atom stereocenters. The van der Waals surface area contributed by atoms with Crippen molar-refractivity contribution in [1.82, 2.24) is 15.1 Å². The molecule has 0 amide bonds. The standard InChI is InChI=1S/C20H22FN3O2/c21-15-6-4-14(5-7-15)20-9-8-16(26-20)12-22-18-2-1-3-19-17(18)13-23-24(19)10-11-25/h4-9,13,18,22,25H,1-3,10-12H2. The number of halogens is 1. The van der Waals surface area contributed by atoms with Gasteiger partial charge in [-0.15, -0.1) is 0 Å². The van der Waals surface area contributed by atoms with Crippen molar-refractivity contribution in [2.24, 2.45) is 0 Å². The van der Waals surface area contributed by atoms with Gasteiger partial charge in [0.2, 0.25) is 0 Å². The second-order valence-electron chi connectivity index (χ2n) is 6.59. The van der Waals surface area contributed by atoms with Gasteiger partial charge in [0.1, 0.15) is 17.3 Å². The summed E-state index contributed by atoms with van der Waals surface area (Å²) in [4.78, 5) is 0. The van der Waals surface area contributed by atoms with E-state index in [9.17, 15) is 4.39 Å². The zero-order chi connectivity index (χ0) is 17.9. The molecule has 2 N–H and O–H groups in total. The minimum absolute atomic E-state index is 0.102. The van der Waals surface area contributed by atoms with E-state index in [1.807, 2.05) is 23.0 Å². The van der Waals surface area contributed by atoms with Gasteiger partial charge in [-0.1, -0.05) is 0 Å². The summed E-state index contributed by atoms with van der Waals surface area (Å²) in [6.45, 7) is 1.27. The third kappa shape index (κ3) is 3.43. The number of fused-ring (bicyclic) bond motifs is 1. The van der Waals surface area contributed by atoms with Gasteiger partial charge < -0.3 is 14.8 Å². The summed E-state index contributed by atoms with van der Waals surface area (Å²) in [5.41, 5.74) is 3.30. The van der Waals surface area contributed by atoms with Gasteiger partial charge in [-0.25, -0.2) is 4.39 Å². The summed E-state index contributed by atoms with van der Waals surface area (Å²) in [5.74, 6) is 1.33. The molecule has 0 spiro atoms. The van der Waals surface area contributed by atoms with E-state index in [4.69, 9.17) is 9.52 Å². The van der Waals surface area contributed by atoms with Crippen LogP contribution >= 0.6 is 0 Å². The molecule has 2 aromatic heterocycles. The van der Waals surface area contributed by atoms with Crippen molar-refractivity contribution in [1.29, 1.82) is 0 Å². The highest BCUT2D eigenvalue weighted by atomic mass is 19.1. The molecule has 0 radical (unpaired) electrons. The van der Waals surface area contributed by atoms with Crippen LogP contribution in [0.1, 0.15) is 35.9 Å². The Kier molecular flexibility index (Phi) is 4.86. The lowest BCUT2D eigenvalue weighted by atomic mass is 9.93. The van der Waals surface area contributed by atoms with Crippen molar-refractivity contribution in [2.75, 3.05) is 6.61 Å². The maximum absolute atomic E-state index is 13.0. The Morgan fingerprint density at radius 1 is 1.23 bits per heavy atom. The van der Waals surface area contributed by atoms with Gasteiger partial charge in [-0.2, -0.15) is 5.10 Å². The molecule has 0 saturated heterocycles. The number of hydrogen-bond donors (Lipinski definition) is 2. The number of aromatic nitrogens is 2. The van der Waals surface area contributed by atoms with Crippen LogP contribution in [0.3, 0.4) is 0 Å². The Labute approximate surface area is 151 Å². The predicted octanol–water partition coefficient (Wildman–Crippen LogP) is 3.44. The van der Waals surface area contributed by atoms with E-state index >= 15 is 0 Å². The van der Waals surface area contributed by atoms with Gasteiger partial charge in [0, 0.05) is 22.9 Å². The maximum atomic E-state index is 13.0. The third-order valence-corrected chi connectivity index (χ3v) is 4.89. The molecule has 6 heteroatoms. The Hall–Kier alpha value is -2.44. The third-order valence-electron chi connectivity index (χ3n) is 4.89. The fraction of sp³-hybridized carbons (Fsp3) is 0.350. The van der Waals surface area contributed by atoms with Crippen LogP contribution in [-0.4, -0.2) is 21.5 Å². The first-order valence-electron chi connectivity index (χ1n) is 8.98. The monoisotopic (exact) mass is 355 g/mol. The zero-order valence-electron chi connectivity index (χ0n) is 14.5. The highest BCUT2D eigenvalue weighted by molar-refractivity contribution is 5.57. The largest absolute Gasteiger partial charge is 0.460 e. The quantitative estimate of drug-likeness (QED) is 0.711. The summed E-state index contributed by atoms with van der Waals surface area (Å²) in [5, 5.41) is 17.1. The first kappa shape index (κ1) is 17.0. The molecule has 0 fully saturated rings. The van der Waals surface area contributed by atoms with Gasteiger partial charge in [0.25, 0.3) is 0 Å². The van der Waals surface area contributed by atoms with Crippen molar-refractivity contribution >= 4 is 0 Å². The predicted molar refractivity (Wildman–Crippen MR) is 95.9 cm³/mol. The first-order valence-corrected chi connectivity index (χ1v) is 8.98. The minimum atomic E-state index is -0.253. The van der Waals surface area contributed by atoms with Crippen LogP contribution in [-0.2, 0) is 19.5 Å². The summed E-state index contributed by atoms with van der Waals surface area (Å²) in [6, 6.07) is 10.4. The second kappa shape index (κ2) is 7.43. The van der Waals surface area contributed by atoms with Gasteiger partial charge in [0.15, 0.2) is 0 Å². The summed E-state index contributed by atoms with van der Waals surface area (Å²) >= 11 is 0. The minimum Gasteiger partial charge on any atom is -0.460 e. The number of nitrogens with one attached hydrogen (secondary N) is 1. The molecule has 136 valence electrons. The number of aliphatic hydroxyl groups excluding tert-OH is 1. The van der Waals surface area contributed by atoms with Crippen LogP contribution in [0.4, 0.5) is 4.39 Å². The summed E-state index contributed by atoms with van der Waals surface area (Å²) in [6.07, 6.45) is 5.07. The first-order chi connectivity index (χ1) is 12.7. The lowest BCUT2D eigenvalue weighted by molar-refractivity contribution is 0.266. The molecular weight excluding hydrogens is 333 g/mol. The molecule has 5 nitrogen and oxygen atoms in total. The van der Waals surface area contributed by atoms with Crippen molar-refractivity contribution in [2.45, 2.75) is 38.4 Å². The van der Waals surface area contributed by atoms with E-state index < -0.39 is 0 Å². The normalized spacial score (nSPS) is 16.6. The number of benzene rings is 1. The van der Waals surface area contributed by atoms with E-state index in [0.29, 0.717) is 13.1 Å². The van der Waals surface area contributed by atoms with Gasteiger partial charge >= 0.3 is 0 Å². The Bertz CT molecular complexity index is 870. The molecule has 0 bridgehead atoms. The lowest BCUT2D eigenvalue weighted by Crippen LogP contribution is -2.25. The van der Waals surface area contributed by atoms with E-state index in [1.54, 1.807) is 12.1 Å². The van der Waals surface area contributed by atoms with E-state index in [2.05, 4.69) is 10.4 Å². The van der Waals surface area contributed by atoms with Crippen molar-refractivity contribution < 1.29 is 13.9 Å². The average Bonchev–Trinajstić information content (AvgIpc) is 3.29. The van der Waals surface area contributed by atoms with Crippen LogP contribution in [0.5, 0.6) is 0 Å². The summed E-state index contributed by atoms with van der Waals surface area (Å²) < 4.78 is 20.8. The molecule has 2 heterocycles. The van der Waals surface area contributed by atoms with Crippen molar-refractivity contribution in [3.63, 3.8) is 0 Å². The lowest BCUT2D eigenvalue weighted by Gasteiger charge is -2.24. The Morgan fingerprint density at radius 3 is 2.88 bits per heavy atom. The number of aliphatic hydroxyl groups is 1. The van der Waals surface area contributed by atoms with Gasteiger partial charge in [-0.05, 0) is 55.7 Å². The van der Waals surface area contributed by atoms with E-state index in [0.717, 1.165) is 36.3 Å². The number of hydrogen-bond acceptors (Lipinski definition) is 4. The average molecular weight is 355 g/mol. The number of furan rings is 1. The van der Waals surface area contributed by atoms with E-state index in [-0.39, 0.29) is 18.5 Å². The molecule has 3 aromatic rings. The van der Waals surface area contributed by atoms with Gasteiger partial charge in [-0.3, -0.25) is 4.68 Å². The molecule has 0 aliphatic heterocycles. The topological polar surface area (TPSA) is 63.2 Å². The smallest absolute Gasteiger partial charge is 0.134 e. The fourth-order valence-corrected chi connectivity index (χ4v) is 3.58. The molecule has 0 saturated carbocycles. The molecular formula is C20H22FN3O2. The molecule has 1 unspecified atom stereocenters.